The Kier molecular flexibility index (Phi) is 5.39. The topological polar surface area (TPSA) is 53.2 Å². The van der Waals surface area contributed by atoms with E-state index in [1.807, 2.05) is 0 Å². The first-order chi connectivity index (χ1) is 7.44. The van der Waals surface area contributed by atoms with Gasteiger partial charge in [-0.25, -0.2) is 0 Å². The molecule has 17 heavy (non-hydrogen) atoms. The van der Waals surface area contributed by atoms with E-state index in [4.69, 9.17) is 9.69 Å². The highest BCUT2D eigenvalue weighted by Gasteiger charge is 2.37. The molecule has 0 aliphatic carbocycles. The van der Waals surface area contributed by atoms with Gasteiger partial charge in [0.05, 0.1) is 17.6 Å². The summed E-state index contributed by atoms with van der Waals surface area (Å²) in [6.45, 7) is 15.0. The summed E-state index contributed by atoms with van der Waals surface area (Å²) in [5.41, 5.74) is -0.698. The van der Waals surface area contributed by atoms with Crippen molar-refractivity contribution in [2.75, 3.05) is 6.61 Å². The maximum absolute atomic E-state index is 9.89. The summed E-state index contributed by atoms with van der Waals surface area (Å²) in [4.78, 5) is 0. The first kappa shape index (κ1) is 16.6. The highest BCUT2D eigenvalue weighted by atomic mass is 28.4. The molecule has 3 nitrogen and oxygen atoms in total. The van der Waals surface area contributed by atoms with Gasteiger partial charge in [-0.05, 0) is 38.4 Å². The van der Waals surface area contributed by atoms with Gasteiger partial charge in [0.1, 0.15) is 0 Å². The molecule has 0 radical (unpaired) electrons. The van der Waals surface area contributed by atoms with Crippen molar-refractivity contribution < 1.29 is 9.53 Å². The molecule has 0 heterocycles. The monoisotopic (exact) mass is 257 g/mol. The van der Waals surface area contributed by atoms with E-state index >= 15 is 0 Å². The van der Waals surface area contributed by atoms with Crippen molar-refractivity contribution in [2.24, 2.45) is 5.41 Å². The van der Waals surface area contributed by atoms with Gasteiger partial charge in [-0.1, -0.05) is 20.8 Å². The third kappa shape index (κ3) is 4.78. The minimum atomic E-state index is -1.74. The fourth-order valence-electron chi connectivity index (χ4n) is 1.08. The van der Waals surface area contributed by atoms with E-state index in [0.29, 0.717) is 13.0 Å². The quantitative estimate of drug-likeness (QED) is 0.769. The molecule has 0 saturated carbocycles. The largest absolute Gasteiger partial charge is 0.417 e. The van der Waals surface area contributed by atoms with Crippen molar-refractivity contribution >= 4 is 8.32 Å². The predicted molar refractivity (Wildman–Crippen MR) is 73.2 cm³/mol. The molecule has 1 N–H and O–H groups in total. The second kappa shape index (κ2) is 5.51. The van der Waals surface area contributed by atoms with Gasteiger partial charge in [0, 0.05) is 6.61 Å². The van der Waals surface area contributed by atoms with E-state index in [1.165, 1.54) is 0 Å². The molecule has 0 saturated heterocycles. The highest BCUT2D eigenvalue weighted by Crippen LogP contribution is 2.36. The van der Waals surface area contributed by atoms with Crippen LogP contribution in [0.15, 0.2) is 0 Å². The van der Waals surface area contributed by atoms with Crippen LogP contribution in [0.5, 0.6) is 0 Å². The number of nitriles is 1. The first-order valence-electron chi connectivity index (χ1n) is 6.17. The summed E-state index contributed by atoms with van der Waals surface area (Å²) in [6, 6.07) is 2.12. The van der Waals surface area contributed by atoms with Crippen LogP contribution in [0.1, 0.15) is 41.0 Å². The molecule has 0 bridgehead atoms. The maximum Gasteiger partial charge on any atom is 0.191 e. The van der Waals surface area contributed by atoms with Crippen molar-refractivity contribution in [3.8, 4) is 6.07 Å². The summed E-state index contributed by atoms with van der Waals surface area (Å²) in [7, 11) is -1.74. The zero-order chi connectivity index (χ0) is 13.9. The molecule has 0 spiro atoms. The Balaban J connectivity index is 4.23. The van der Waals surface area contributed by atoms with Gasteiger partial charge < -0.3 is 9.53 Å². The van der Waals surface area contributed by atoms with Crippen molar-refractivity contribution in [1.82, 2.24) is 0 Å². The third-order valence-electron chi connectivity index (χ3n) is 3.78. The van der Waals surface area contributed by atoms with Crippen molar-refractivity contribution in [2.45, 2.75) is 65.3 Å². The van der Waals surface area contributed by atoms with Gasteiger partial charge in [-0.15, -0.1) is 0 Å². The summed E-state index contributed by atoms with van der Waals surface area (Å²) < 4.78 is 5.97. The molecule has 0 aromatic carbocycles. The molecule has 4 heteroatoms. The molecule has 0 aliphatic rings. The molecule has 100 valence electrons. The first-order valence-corrected chi connectivity index (χ1v) is 9.08. The smallest absolute Gasteiger partial charge is 0.191 e. The van der Waals surface area contributed by atoms with E-state index in [1.54, 1.807) is 13.8 Å². The summed E-state index contributed by atoms with van der Waals surface area (Å²) in [5.74, 6) is 0. The second-order valence-electron chi connectivity index (χ2n) is 6.75. The van der Waals surface area contributed by atoms with E-state index in [2.05, 4.69) is 39.9 Å². The van der Waals surface area contributed by atoms with Crippen LogP contribution < -0.4 is 0 Å². The lowest BCUT2D eigenvalue weighted by Crippen LogP contribution is -2.42. The van der Waals surface area contributed by atoms with Crippen LogP contribution in [0.2, 0.25) is 18.1 Å². The number of aliphatic hydroxyl groups excluding tert-OH is 1. The number of aliphatic hydroxyl groups is 1. The number of rotatable bonds is 5. The molecule has 0 rings (SSSR count). The molecule has 1 atom stereocenters. The SMILES string of the molecule is CC(C)(C#N)[C@@H](O)CCO[Si](C)(C)C(C)(C)C. The van der Waals surface area contributed by atoms with Crippen molar-refractivity contribution in [1.29, 1.82) is 5.26 Å². The van der Waals surface area contributed by atoms with E-state index < -0.39 is 19.8 Å². The average Bonchev–Trinajstić information content (AvgIpc) is 2.15. The van der Waals surface area contributed by atoms with Crippen LogP contribution in [0.25, 0.3) is 0 Å². The molecular weight excluding hydrogens is 230 g/mol. The molecule has 0 aromatic heterocycles. The Labute approximate surface area is 107 Å². The van der Waals surface area contributed by atoms with Crippen LogP contribution in [-0.4, -0.2) is 26.1 Å². The van der Waals surface area contributed by atoms with E-state index in [-0.39, 0.29) is 5.04 Å². The summed E-state index contributed by atoms with van der Waals surface area (Å²) in [6.07, 6.45) is -0.107. The molecule has 0 amide bonds. The molecule has 0 fully saturated rings. The van der Waals surface area contributed by atoms with Crippen molar-refractivity contribution in [3.63, 3.8) is 0 Å². The third-order valence-corrected chi connectivity index (χ3v) is 8.32. The van der Waals surface area contributed by atoms with Gasteiger partial charge in [-0.2, -0.15) is 5.26 Å². The van der Waals surface area contributed by atoms with E-state index in [9.17, 15) is 5.11 Å². The molecule has 0 aromatic rings. The Hall–Kier alpha value is -0.373. The van der Waals surface area contributed by atoms with Gasteiger partial charge in [0.2, 0.25) is 0 Å². The molecular formula is C13H27NO2Si. The Morgan fingerprint density at radius 3 is 2.06 bits per heavy atom. The Morgan fingerprint density at radius 2 is 1.71 bits per heavy atom. The van der Waals surface area contributed by atoms with Gasteiger partial charge in [0.25, 0.3) is 0 Å². The average molecular weight is 257 g/mol. The van der Waals surface area contributed by atoms with Crippen LogP contribution >= 0.6 is 0 Å². The summed E-state index contributed by atoms with van der Waals surface area (Å²) in [5, 5.41) is 19.0. The van der Waals surface area contributed by atoms with Gasteiger partial charge >= 0.3 is 0 Å². The predicted octanol–water partition coefficient (Wildman–Crippen LogP) is 3.31. The fourth-order valence-corrected chi connectivity index (χ4v) is 2.14. The zero-order valence-electron chi connectivity index (χ0n) is 12.3. The van der Waals surface area contributed by atoms with Gasteiger partial charge in [0.15, 0.2) is 8.32 Å². The Morgan fingerprint density at radius 1 is 1.24 bits per heavy atom. The zero-order valence-corrected chi connectivity index (χ0v) is 13.3. The standard InChI is InChI=1S/C13H27NO2Si/c1-12(2,3)17(6,7)16-9-8-11(15)13(4,5)10-14/h11,15H,8-9H2,1-7H3/t11-/m0/s1. The second-order valence-corrected chi connectivity index (χ2v) is 11.6. The van der Waals surface area contributed by atoms with Crippen LogP contribution in [0.3, 0.4) is 0 Å². The van der Waals surface area contributed by atoms with Gasteiger partial charge in [-0.3, -0.25) is 0 Å². The highest BCUT2D eigenvalue weighted by molar-refractivity contribution is 6.74. The number of hydrogen-bond donors (Lipinski definition) is 1. The normalized spacial score (nSPS) is 15.5. The Bertz CT molecular complexity index is 287. The van der Waals surface area contributed by atoms with Crippen molar-refractivity contribution in [3.05, 3.63) is 0 Å². The summed E-state index contributed by atoms with van der Waals surface area (Å²) >= 11 is 0. The van der Waals surface area contributed by atoms with E-state index in [0.717, 1.165) is 0 Å². The fraction of sp³-hybridized carbons (Fsp3) is 0.923. The lowest BCUT2D eigenvalue weighted by molar-refractivity contribution is 0.0622. The van der Waals surface area contributed by atoms with Crippen LogP contribution in [0.4, 0.5) is 0 Å². The lowest BCUT2D eigenvalue weighted by Gasteiger charge is -2.36. The maximum atomic E-state index is 9.89. The van der Waals surface area contributed by atoms with Crippen LogP contribution in [0, 0.1) is 16.7 Å². The number of nitrogens with zero attached hydrogens (tertiary/aromatic N) is 1. The minimum absolute atomic E-state index is 0.183. The number of hydrogen-bond acceptors (Lipinski definition) is 3. The lowest BCUT2D eigenvalue weighted by atomic mass is 9.87. The molecule has 0 aliphatic heterocycles. The minimum Gasteiger partial charge on any atom is -0.417 e. The van der Waals surface area contributed by atoms with Crippen LogP contribution in [-0.2, 0) is 4.43 Å². The molecule has 0 unspecified atom stereocenters.